The van der Waals surface area contributed by atoms with E-state index in [0.29, 0.717) is 11.6 Å². The van der Waals surface area contributed by atoms with Crippen LogP contribution < -0.4 is 0 Å². The Balaban J connectivity index is 2.43. The molecule has 2 rings (SSSR count). The van der Waals surface area contributed by atoms with E-state index in [1.807, 2.05) is 35.1 Å². The van der Waals surface area contributed by atoms with Crippen LogP contribution in [0.5, 0.6) is 0 Å². The summed E-state index contributed by atoms with van der Waals surface area (Å²) in [4.78, 5) is 0. The summed E-state index contributed by atoms with van der Waals surface area (Å²) in [6.07, 6.45) is 1.93. The molecule has 1 aromatic heterocycles. The first-order chi connectivity index (χ1) is 8.26. The van der Waals surface area contributed by atoms with E-state index in [0.717, 1.165) is 16.5 Å². The molecule has 0 radical (unpaired) electrons. The number of hydrogen-bond acceptors (Lipinski definition) is 4. The van der Waals surface area contributed by atoms with Crippen LogP contribution in [0.2, 0.25) is 5.02 Å². The van der Waals surface area contributed by atoms with Crippen molar-refractivity contribution >= 4 is 23.4 Å². The van der Waals surface area contributed by atoms with Crippen LogP contribution in [0.1, 0.15) is 0 Å². The molecule has 4 nitrogen and oxygen atoms in total. The first-order valence-electron chi connectivity index (χ1n) is 5.10. The van der Waals surface area contributed by atoms with Crippen LogP contribution in [-0.4, -0.2) is 32.7 Å². The maximum Gasteiger partial charge on any atom is 0.191 e. The minimum absolute atomic E-state index is 0.0617. The number of benzene rings is 1. The summed E-state index contributed by atoms with van der Waals surface area (Å²) < 4.78 is 1.90. The van der Waals surface area contributed by atoms with E-state index in [4.69, 9.17) is 16.7 Å². The molecular formula is C11H12ClN3OS. The van der Waals surface area contributed by atoms with Gasteiger partial charge < -0.3 is 5.11 Å². The summed E-state index contributed by atoms with van der Waals surface area (Å²) in [6.45, 7) is 0.549. The smallest absolute Gasteiger partial charge is 0.191 e. The first-order valence-corrected chi connectivity index (χ1v) is 6.70. The summed E-state index contributed by atoms with van der Waals surface area (Å²) in [6, 6.07) is 7.41. The second kappa shape index (κ2) is 5.53. The SMILES string of the molecule is CSc1nnc(-c2ccc(Cl)cc2)n1CCO. The molecule has 2 aromatic rings. The van der Waals surface area contributed by atoms with Crippen molar-refractivity contribution in [2.45, 2.75) is 11.7 Å². The van der Waals surface area contributed by atoms with Crippen molar-refractivity contribution in [2.75, 3.05) is 12.9 Å². The average Bonchev–Trinajstić information content (AvgIpc) is 2.74. The lowest BCUT2D eigenvalue weighted by molar-refractivity contribution is 0.272. The van der Waals surface area contributed by atoms with Crippen LogP contribution in [0.25, 0.3) is 11.4 Å². The van der Waals surface area contributed by atoms with Gasteiger partial charge in [0.1, 0.15) is 0 Å². The van der Waals surface area contributed by atoms with Crippen molar-refractivity contribution < 1.29 is 5.11 Å². The Bertz CT molecular complexity index is 498. The van der Waals surface area contributed by atoms with Crippen LogP contribution >= 0.6 is 23.4 Å². The largest absolute Gasteiger partial charge is 0.395 e. The number of nitrogens with zero attached hydrogens (tertiary/aromatic N) is 3. The number of halogens is 1. The van der Waals surface area contributed by atoms with E-state index < -0.39 is 0 Å². The van der Waals surface area contributed by atoms with Crippen LogP contribution in [0.4, 0.5) is 0 Å². The molecule has 0 saturated carbocycles. The van der Waals surface area contributed by atoms with Crippen molar-refractivity contribution in [1.29, 1.82) is 0 Å². The van der Waals surface area contributed by atoms with Gasteiger partial charge in [0.15, 0.2) is 11.0 Å². The molecule has 17 heavy (non-hydrogen) atoms. The van der Waals surface area contributed by atoms with Crippen molar-refractivity contribution in [3.8, 4) is 11.4 Å². The zero-order valence-corrected chi connectivity index (χ0v) is 10.9. The molecule has 1 aromatic carbocycles. The molecule has 0 spiro atoms. The van der Waals surface area contributed by atoms with E-state index in [-0.39, 0.29) is 6.61 Å². The second-order valence-corrected chi connectivity index (χ2v) is 4.60. The minimum Gasteiger partial charge on any atom is -0.395 e. The van der Waals surface area contributed by atoms with E-state index in [9.17, 15) is 0 Å². The molecule has 0 aliphatic heterocycles. The number of aromatic nitrogens is 3. The Morgan fingerprint density at radius 1 is 1.29 bits per heavy atom. The monoisotopic (exact) mass is 269 g/mol. The van der Waals surface area contributed by atoms with Crippen molar-refractivity contribution in [1.82, 2.24) is 14.8 Å². The Morgan fingerprint density at radius 3 is 2.59 bits per heavy atom. The molecule has 90 valence electrons. The summed E-state index contributed by atoms with van der Waals surface area (Å²) in [5.74, 6) is 0.750. The van der Waals surface area contributed by atoms with E-state index in [1.54, 1.807) is 0 Å². The molecule has 0 bridgehead atoms. The molecule has 0 amide bonds. The van der Waals surface area contributed by atoms with E-state index >= 15 is 0 Å². The van der Waals surface area contributed by atoms with Gasteiger partial charge in [0.05, 0.1) is 6.61 Å². The molecule has 0 unspecified atom stereocenters. The number of hydrogen-bond donors (Lipinski definition) is 1. The number of rotatable bonds is 4. The van der Waals surface area contributed by atoms with Gasteiger partial charge in [0.25, 0.3) is 0 Å². The molecule has 6 heteroatoms. The normalized spacial score (nSPS) is 10.8. The predicted molar refractivity (Wildman–Crippen MR) is 69.3 cm³/mol. The fourth-order valence-corrected chi connectivity index (χ4v) is 2.20. The lowest BCUT2D eigenvalue weighted by atomic mass is 10.2. The summed E-state index contributed by atoms with van der Waals surface area (Å²) >= 11 is 7.35. The van der Waals surface area contributed by atoms with Gasteiger partial charge in [-0.25, -0.2) is 0 Å². The van der Waals surface area contributed by atoms with Gasteiger partial charge in [0, 0.05) is 17.1 Å². The van der Waals surface area contributed by atoms with Gasteiger partial charge in [-0.3, -0.25) is 4.57 Å². The minimum atomic E-state index is 0.0617. The fourth-order valence-electron chi connectivity index (χ4n) is 1.55. The second-order valence-electron chi connectivity index (χ2n) is 3.39. The lowest BCUT2D eigenvalue weighted by Gasteiger charge is -2.07. The quantitative estimate of drug-likeness (QED) is 0.866. The molecule has 1 heterocycles. The van der Waals surface area contributed by atoms with Gasteiger partial charge in [0.2, 0.25) is 0 Å². The maximum atomic E-state index is 9.07. The first kappa shape index (κ1) is 12.4. The molecular weight excluding hydrogens is 258 g/mol. The highest BCUT2D eigenvalue weighted by Gasteiger charge is 2.12. The summed E-state index contributed by atoms with van der Waals surface area (Å²) in [7, 11) is 0. The molecule has 0 aliphatic carbocycles. The Labute approximate surface area is 109 Å². The summed E-state index contributed by atoms with van der Waals surface area (Å²) in [5, 5.41) is 18.8. The van der Waals surface area contributed by atoms with Gasteiger partial charge in [-0.05, 0) is 30.5 Å². The Hall–Kier alpha value is -1.04. The highest BCUT2D eigenvalue weighted by atomic mass is 35.5. The third kappa shape index (κ3) is 2.62. The van der Waals surface area contributed by atoms with Crippen molar-refractivity contribution in [2.24, 2.45) is 0 Å². The predicted octanol–water partition coefficient (Wildman–Crippen LogP) is 2.31. The summed E-state index contributed by atoms with van der Waals surface area (Å²) in [5.41, 5.74) is 0.940. The van der Waals surface area contributed by atoms with E-state index in [2.05, 4.69) is 10.2 Å². The van der Waals surface area contributed by atoms with Crippen LogP contribution in [-0.2, 0) is 6.54 Å². The van der Waals surface area contributed by atoms with E-state index in [1.165, 1.54) is 11.8 Å². The molecule has 0 atom stereocenters. The van der Waals surface area contributed by atoms with Gasteiger partial charge in [-0.1, -0.05) is 23.4 Å². The zero-order chi connectivity index (χ0) is 12.3. The third-order valence-corrected chi connectivity index (χ3v) is 3.24. The average molecular weight is 270 g/mol. The maximum absolute atomic E-state index is 9.07. The van der Waals surface area contributed by atoms with Crippen LogP contribution in [0, 0.1) is 0 Å². The standard InChI is InChI=1S/C11H12ClN3OS/c1-17-11-14-13-10(15(11)6-7-16)8-2-4-9(12)5-3-8/h2-5,16H,6-7H2,1H3. The Kier molecular flexibility index (Phi) is 4.04. The van der Waals surface area contributed by atoms with Gasteiger partial charge in [-0.15, -0.1) is 10.2 Å². The molecule has 0 saturated heterocycles. The number of aliphatic hydroxyl groups excluding tert-OH is 1. The third-order valence-electron chi connectivity index (χ3n) is 2.33. The van der Waals surface area contributed by atoms with Crippen LogP contribution in [0.15, 0.2) is 29.4 Å². The molecule has 0 aliphatic rings. The van der Waals surface area contributed by atoms with Crippen molar-refractivity contribution in [3.63, 3.8) is 0 Å². The van der Waals surface area contributed by atoms with Gasteiger partial charge >= 0.3 is 0 Å². The molecule has 0 fully saturated rings. The number of aliphatic hydroxyl groups is 1. The lowest BCUT2D eigenvalue weighted by Crippen LogP contribution is -2.05. The van der Waals surface area contributed by atoms with Crippen LogP contribution in [0.3, 0.4) is 0 Å². The van der Waals surface area contributed by atoms with Crippen molar-refractivity contribution in [3.05, 3.63) is 29.3 Å². The topological polar surface area (TPSA) is 50.9 Å². The highest BCUT2D eigenvalue weighted by Crippen LogP contribution is 2.23. The number of thioether (sulfide) groups is 1. The zero-order valence-electron chi connectivity index (χ0n) is 9.30. The highest BCUT2D eigenvalue weighted by molar-refractivity contribution is 7.98. The Morgan fingerprint density at radius 2 is 2.00 bits per heavy atom. The fraction of sp³-hybridized carbons (Fsp3) is 0.273. The molecule has 1 N–H and O–H groups in total. The van der Waals surface area contributed by atoms with Gasteiger partial charge in [-0.2, -0.15) is 0 Å².